The lowest BCUT2D eigenvalue weighted by Crippen LogP contribution is -2.29. The molecule has 1 aliphatic rings. The Kier molecular flexibility index (Phi) is 9.01. The molecule has 0 fully saturated rings. The summed E-state index contributed by atoms with van der Waals surface area (Å²) in [6, 6.07) is 16.4. The Hall–Kier alpha value is -4.02. The van der Waals surface area contributed by atoms with Crippen molar-refractivity contribution in [2.45, 2.75) is 50.8 Å². The first-order valence-corrected chi connectivity index (χ1v) is 14.8. The van der Waals surface area contributed by atoms with Crippen LogP contribution in [0.3, 0.4) is 0 Å². The number of aryl methyl sites for hydroxylation is 1. The maximum absolute atomic E-state index is 13.8. The summed E-state index contributed by atoms with van der Waals surface area (Å²) in [5.41, 5.74) is 6.04. The van der Waals surface area contributed by atoms with E-state index in [1.807, 2.05) is 37.3 Å². The quantitative estimate of drug-likeness (QED) is 0.135. The van der Waals surface area contributed by atoms with Gasteiger partial charge in [0.05, 0.1) is 24.8 Å². The van der Waals surface area contributed by atoms with E-state index in [-0.39, 0.29) is 16.9 Å². The first kappa shape index (κ1) is 29.0. The van der Waals surface area contributed by atoms with Crippen LogP contribution in [0.4, 0.5) is 5.69 Å². The van der Waals surface area contributed by atoms with Crippen molar-refractivity contribution in [3.05, 3.63) is 89.0 Å². The van der Waals surface area contributed by atoms with Gasteiger partial charge >= 0.3 is 5.97 Å². The summed E-state index contributed by atoms with van der Waals surface area (Å²) >= 11 is 0. The molecule has 3 aromatic rings. The molecule has 0 amide bonds. The molecule has 3 aromatic carbocycles. The number of hydrogen-bond donors (Lipinski definition) is 0. The van der Waals surface area contributed by atoms with Gasteiger partial charge in [-0.05, 0) is 66.8 Å². The number of esters is 1. The van der Waals surface area contributed by atoms with Gasteiger partial charge in [0.25, 0.3) is 10.0 Å². The van der Waals surface area contributed by atoms with Crippen molar-refractivity contribution in [2.24, 2.45) is 0 Å². The maximum atomic E-state index is 13.8. The highest BCUT2D eigenvalue weighted by Gasteiger charge is 2.34. The molecule has 4 rings (SSSR count). The van der Waals surface area contributed by atoms with E-state index >= 15 is 0 Å². The van der Waals surface area contributed by atoms with Gasteiger partial charge < -0.3 is 9.47 Å². The third-order valence-electron chi connectivity index (χ3n) is 7.06. The van der Waals surface area contributed by atoms with E-state index < -0.39 is 16.0 Å². The average Bonchev–Trinajstić information content (AvgIpc) is 3.39. The fraction of sp³-hybridized carbons (Fsp3) is 0.303. The van der Waals surface area contributed by atoms with E-state index in [1.165, 1.54) is 11.4 Å². The van der Waals surface area contributed by atoms with Crippen LogP contribution in [0.5, 0.6) is 5.75 Å². The fourth-order valence-electron chi connectivity index (χ4n) is 4.89. The minimum Gasteiger partial charge on any atom is -0.497 e. The lowest BCUT2D eigenvalue weighted by atomic mass is 9.87. The predicted octanol–water partition coefficient (Wildman–Crippen LogP) is 6.24. The molecule has 40 heavy (non-hydrogen) atoms. The highest BCUT2D eigenvalue weighted by Crippen LogP contribution is 2.42. The Morgan fingerprint density at radius 3 is 2.40 bits per heavy atom. The standard InChI is InChI=1S/C33H35NO5S/c1-6-7-8-9-10-30-29-19-20-34(40(36,37)28-17-11-23(2)12-18-28)31(29)22-26(21-24(3)33(35)39-5)32(30)25-13-15-27(38-4)16-14-25/h11-18,22H,3,6-8,19-21H2,1-2,4-5H3. The number of unbranched alkanes of at least 4 members (excludes halogenated alkanes) is 2. The number of methoxy groups -OCH3 is 2. The first-order valence-electron chi connectivity index (χ1n) is 13.4. The Morgan fingerprint density at radius 2 is 1.77 bits per heavy atom. The lowest BCUT2D eigenvalue weighted by molar-refractivity contribution is -0.136. The number of carbonyl (C=O) groups excluding carboxylic acids is 1. The average molecular weight is 558 g/mol. The zero-order valence-electron chi connectivity index (χ0n) is 23.5. The summed E-state index contributed by atoms with van der Waals surface area (Å²) in [5, 5.41) is 0. The molecule has 0 radical (unpaired) electrons. The zero-order chi connectivity index (χ0) is 28.9. The van der Waals surface area contributed by atoms with Crippen molar-refractivity contribution in [3.63, 3.8) is 0 Å². The summed E-state index contributed by atoms with van der Waals surface area (Å²) in [4.78, 5) is 12.6. The number of anilines is 1. The number of ether oxygens (including phenoxy) is 2. The van der Waals surface area contributed by atoms with E-state index in [9.17, 15) is 13.2 Å². The van der Waals surface area contributed by atoms with E-state index in [0.717, 1.165) is 58.4 Å². The van der Waals surface area contributed by atoms with Crippen LogP contribution in [0.25, 0.3) is 11.1 Å². The minimum absolute atomic E-state index is 0.184. The Labute approximate surface area is 237 Å². The molecule has 0 saturated heterocycles. The van der Waals surface area contributed by atoms with Crippen LogP contribution in [0, 0.1) is 18.8 Å². The van der Waals surface area contributed by atoms with E-state index in [4.69, 9.17) is 9.47 Å². The predicted molar refractivity (Wildman–Crippen MR) is 159 cm³/mol. The van der Waals surface area contributed by atoms with Gasteiger partial charge in [0, 0.05) is 36.1 Å². The van der Waals surface area contributed by atoms with Crippen molar-refractivity contribution in [1.82, 2.24) is 0 Å². The van der Waals surface area contributed by atoms with Crippen LogP contribution < -0.4 is 9.04 Å². The molecule has 6 nitrogen and oxygen atoms in total. The van der Waals surface area contributed by atoms with Gasteiger partial charge in [-0.1, -0.05) is 61.6 Å². The van der Waals surface area contributed by atoms with Crippen LogP contribution in [0.1, 0.15) is 48.4 Å². The van der Waals surface area contributed by atoms with Gasteiger partial charge in [0.1, 0.15) is 5.75 Å². The van der Waals surface area contributed by atoms with Crippen LogP contribution in [0.15, 0.2) is 71.6 Å². The third kappa shape index (κ3) is 5.93. The summed E-state index contributed by atoms with van der Waals surface area (Å²) in [6.45, 7) is 8.30. The van der Waals surface area contributed by atoms with Crippen LogP contribution in [0.2, 0.25) is 0 Å². The number of nitrogens with zero attached hydrogens (tertiary/aromatic N) is 1. The summed E-state index contributed by atoms with van der Waals surface area (Å²) < 4.78 is 39.4. The second kappa shape index (κ2) is 12.4. The second-order valence-electron chi connectivity index (χ2n) is 9.83. The summed E-state index contributed by atoms with van der Waals surface area (Å²) in [5.74, 6) is 6.92. The van der Waals surface area contributed by atoms with E-state index in [2.05, 4.69) is 25.3 Å². The number of carbonyl (C=O) groups is 1. The van der Waals surface area contributed by atoms with Gasteiger partial charge in [0.2, 0.25) is 0 Å². The number of sulfonamides is 1. The van der Waals surface area contributed by atoms with Gasteiger partial charge in [-0.2, -0.15) is 0 Å². The van der Waals surface area contributed by atoms with Crippen molar-refractivity contribution in [3.8, 4) is 28.7 Å². The molecule has 0 unspecified atom stereocenters. The van der Waals surface area contributed by atoms with E-state index in [1.54, 1.807) is 31.4 Å². The molecule has 0 spiro atoms. The molecule has 1 heterocycles. The highest BCUT2D eigenvalue weighted by molar-refractivity contribution is 7.92. The lowest BCUT2D eigenvalue weighted by Gasteiger charge is -2.23. The smallest absolute Gasteiger partial charge is 0.333 e. The Bertz CT molecular complexity index is 1580. The van der Waals surface area contributed by atoms with Crippen molar-refractivity contribution in [1.29, 1.82) is 0 Å². The van der Waals surface area contributed by atoms with Crippen molar-refractivity contribution >= 4 is 21.7 Å². The van der Waals surface area contributed by atoms with Crippen molar-refractivity contribution in [2.75, 3.05) is 25.1 Å². The molecule has 0 aromatic heterocycles. The molecule has 1 aliphatic heterocycles. The molecule has 0 atom stereocenters. The van der Waals surface area contributed by atoms with Crippen LogP contribution in [-0.4, -0.2) is 35.2 Å². The number of rotatable bonds is 9. The van der Waals surface area contributed by atoms with Crippen LogP contribution >= 0.6 is 0 Å². The molecule has 0 aliphatic carbocycles. The topological polar surface area (TPSA) is 72.9 Å². The Morgan fingerprint density at radius 1 is 1.07 bits per heavy atom. The summed E-state index contributed by atoms with van der Waals surface area (Å²) in [6.07, 6.45) is 3.44. The monoisotopic (exact) mass is 557 g/mol. The van der Waals surface area contributed by atoms with Crippen molar-refractivity contribution < 1.29 is 22.7 Å². The van der Waals surface area contributed by atoms with Gasteiger partial charge in [-0.3, -0.25) is 4.31 Å². The molecule has 208 valence electrons. The fourth-order valence-corrected chi connectivity index (χ4v) is 6.38. The molecular weight excluding hydrogens is 522 g/mol. The van der Waals surface area contributed by atoms with Gasteiger partial charge in [-0.15, -0.1) is 0 Å². The SMILES string of the molecule is C=C(Cc1cc2c(c(C#CCCCC)c1-c1ccc(OC)cc1)CCN2S(=O)(=O)c1ccc(C)cc1)C(=O)OC. The summed E-state index contributed by atoms with van der Waals surface area (Å²) in [7, 11) is -0.877. The zero-order valence-corrected chi connectivity index (χ0v) is 24.4. The minimum atomic E-state index is -3.81. The molecule has 0 bridgehead atoms. The van der Waals surface area contributed by atoms with Crippen LogP contribution in [-0.2, 0) is 32.4 Å². The van der Waals surface area contributed by atoms with Gasteiger partial charge in [0.15, 0.2) is 0 Å². The first-order chi connectivity index (χ1) is 19.2. The molecule has 0 N–H and O–H groups in total. The second-order valence-corrected chi connectivity index (χ2v) is 11.7. The highest BCUT2D eigenvalue weighted by atomic mass is 32.2. The largest absolute Gasteiger partial charge is 0.497 e. The van der Waals surface area contributed by atoms with Gasteiger partial charge in [-0.25, -0.2) is 13.2 Å². The number of hydrogen-bond acceptors (Lipinski definition) is 5. The Balaban J connectivity index is 1.96. The maximum Gasteiger partial charge on any atom is 0.333 e. The number of benzene rings is 3. The molecular formula is C33H35NO5S. The molecule has 7 heteroatoms. The number of fused-ring (bicyclic) bond motifs is 1. The van der Waals surface area contributed by atoms with E-state index in [0.29, 0.717) is 18.7 Å². The third-order valence-corrected chi connectivity index (χ3v) is 8.89. The normalized spacial score (nSPS) is 12.3. The molecule has 0 saturated carbocycles.